The van der Waals surface area contributed by atoms with Crippen LogP contribution in [0.3, 0.4) is 0 Å². The monoisotopic (exact) mass is 245 g/mol. The van der Waals surface area contributed by atoms with Gasteiger partial charge in [0.2, 0.25) is 6.08 Å². The molecule has 0 amide bonds. The van der Waals surface area contributed by atoms with E-state index in [1.165, 1.54) is 0 Å². The Hall–Kier alpha value is -1.23. The molecule has 0 fully saturated rings. The fraction of sp³-hybridized carbons (Fsp3) is 0.818. The molecule has 0 aliphatic rings. The number of unbranched alkanes of at least 4 members (excludes halogenated alkanes) is 2. The molecule has 0 heterocycles. The summed E-state index contributed by atoms with van der Waals surface area (Å²) in [6.07, 6.45) is 5.15. The molecule has 6 heteroatoms. The van der Waals surface area contributed by atoms with E-state index in [-0.39, 0.29) is 5.97 Å². The molecule has 0 saturated heterocycles. The third kappa shape index (κ3) is 14.8. The standard InChI is InChI=1S/C10H22N2O2.CHNO/c1-2-3-8-14-10(13)9(12)6-4-5-7-11;2-1-3/h9H,2-8,11-12H2,1H3;2H/t9-;/m0./s1. The second kappa shape index (κ2) is 14.8. The topological polar surface area (TPSA) is 119 Å². The Balaban J connectivity index is 0. The molecule has 100 valence electrons. The van der Waals surface area contributed by atoms with E-state index < -0.39 is 6.04 Å². The summed E-state index contributed by atoms with van der Waals surface area (Å²) < 4.78 is 4.98. The Bertz CT molecular complexity index is 216. The van der Waals surface area contributed by atoms with Gasteiger partial charge in [0.25, 0.3) is 0 Å². The molecule has 0 aliphatic heterocycles. The van der Waals surface area contributed by atoms with Crippen molar-refractivity contribution in [3.8, 4) is 0 Å². The van der Waals surface area contributed by atoms with Crippen molar-refractivity contribution in [3.63, 3.8) is 0 Å². The van der Waals surface area contributed by atoms with E-state index in [0.29, 0.717) is 19.6 Å². The number of rotatable bonds is 8. The van der Waals surface area contributed by atoms with Gasteiger partial charge in [0.1, 0.15) is 6.04 Å². The number of ether oxygens (including phenoxy) is 1. The highest BCUT2D eigenvalue weighted by Gasteiger charge is 2.13. The summed E-state index contributed by atoms with van der Waals surface area (Å²) in [5.74, 6) is -0.282. The fourth-order valence-electron chi connectivity index (χ4n) is 1.05. The van der Waals surface area contributed by atoms with Gasteiger partial charge >= 0.3 is 5.97 Å². The lowest BCUT2D eigenvalue weighted by molar-refractivity contribution is -0.145. The van der Waals surface area contributed by atoms with Crippen LogP contribution in [0.4, 0.5) is 0 Å². The van der Waals surface area contributed by atoms with Crippen molar-refractivity contribution in [2.75, 3.05) is 13.2 Å². The minimum absolute atomic E-state index is 0.282. The molecule has 0 aromatic heterocycles. The van der Waals surface area contributed by atoms with Gasteiger partial charge in [-0.15, -0.1) is 0 Å². The quantitative estimate of drug-likeness (QED) is 0.251. The van der Waals surface area contributed by atoms with E-state index in [4.69, 9.17) is 26.4 Å². The van der Waals surface area contributed by atoms with Crippen LogP contribution < -0.4 is 11.5 Å². The lowest BCUT2D eigenvalue weighted by atomic mass is 10.1. The molecule has 0 bridgehead atoms. The Kier molecular flexibility index (Phi) is 15.8. The van der Waals surface area contributed by atoms with Gasteiger partial charge in [-0.25, -0.2) is 10.2 Å². The summed E-state index contributed by atoms with van der Waals surface area (Å²) >= 11 is 0. The van der Waals surface area contributed by atoms with Crippen LogP contribution in [0.2, 0.25) is 0 Å². The Labute approximate surface area is 102 Å². The maximum absolute atomic E-state index is 11.2. The Morgan fingerprint density at radius 3 is 2.47 bits per heavy atom. The second-order valence-electron chi connectivity index (χ2n) is 3.51. The summed E-state index contributed by atoms with van der Waals surface area (Å²) in [7, 11) is 0. The summed E-state index contributed by atoms with van der Waals surface area (Å²) in [5.41, 5.74) is 11.0. The van der Waals surface area contributed by atoms with E-state index in [1.54, 1.807) is 0 Å². The van der Waals surface area contributed by atoms with Crippen molar-refractivity contribution in [1.29, 1.82) is 5.41 Å². The predicted octanol–water partition coefficient (Wildman–Crippen LogP) is 0.687. The molecule has 0 rings (SSSR count). The Morgan fingerprint density at radius 1 is 1.41 bits per heavy atom. The number of isocyanates is 1. The highest BCUT2D eigenvalue weighted by molar-refractivity contribution is 5.75. The summed E-state index contributed by atoms with van der Waals surface area (Å²) in [6.45, 7) is 3.19. The minimum atomic E-state index is -0.474. The normalized spacial score (nSPS) is 10.8. The number of esters is 1. The number of hydrogen-bond donors (Lipinski definition) is 3. The van der Waals surface area contributed by atoms with Crippen LogP contribution in [0.25, 0.3) is 0 Å². The van der Waals surface area contributed by atoms with Crippen LogP contribution in [-0.2, 0) is 14.3 Å². The first-order valence-electron chi connectivity index (χ1n) is 5.80. The van der Waals surface area contributed by atoms with E-state index in [1.807, 2.05) is 0 Å². The van der Waals surface area contributed by atoms with Crippen LogP contribution in [0.5, 0.6) is 0 Å². The first-order chi connectivity index (χ1) is 8.13. The van der Waals surface area contributed by atoms with Crippen molar-refractivity contribution >= 4 is 12.0 Å². The lowest BCUT2D eigenvalue weighted by Gasteiger charge is -2.10. The van der Waals surface area contributed by atoms with Gasteiger partial charge in [0, 0.05) is 0 Å². The first kappa shape index (κ1) is 18.1. The molecular formula is C11H23N3O3. The average molecular weight is 245 g/mol. The lowest BCUT2D eigenvalue weighted by Crippen LogP contribution is -2.32. The van der Waals surface area contributed by atoms with Gasteiger partial charge in [0.15, 0.2) is 0 Å². The molecule has 1 atom stereocenters. The van der Waals surface area contributed by atoms with Gasteiger partial charge in [-0.2, -0.15) is 0 Å². The van der Waals surface area contributed by atoms with Gasteiger partial charge < -0.3 is 16.2 Å². The average Bonchev–Trinajstić information content (AvgIpc) is 2.30. The second-order valence-corrected chi connectivity index (χ2v) is 3.51. The molecule has 0 saturated carbocycles. The minimum Gasteiger partial charge on any atom is -0.465 e. The molecule has 0 aromatic carbocycles. The van der Waals surface area contributed by atoms with Crippen LogP contribution in [-0.4, -0.2) is 31.2 Å². The van der Waals surface area contributed by atoms with Gasteiger partial charge in [0.05, 0.1) is 6.61 Å². The van der Waals surface area contributed by atoms with E-state index >= 15 is 0 Å². The van der Waals surface area contributed by atoms with Crippen LogP contribution in [0.15, 0.2) is 0 Å². The van der Waals surface area contributed by atoms with Crippen molar-refractivity contribution in [1.82, 2.24) is 0 Å². The van der Waals surface area contributed by atoms with Crippen LogP contribution >= 0.6 is 0 Å². The highest BCUT2D eigenvalue weighted by Crippen LogP contribution is 2.00. The molecule has 0 aromatic rings. The van der Waals surface area contributed by atoms with Crippen LogP contribution in [0, 0.1) is 5.41 Å². The first-order valence-corrected chi connectivity index (χ1v) is 5.80. The molecule has 6 nitrogen and oxygen atoms in total. The smallest absolute Gasteiger partial charge is 0.322 e. The van der Waals surface area contributed by atoms with E-state index in [2.05, 4.69) is 6.92 Å². The third-order valence-corrected chi connectivity index (χ3v) is 2.01. The molecule has 0 spiro atoms. The molecular weight excluding hydrogens is 222 g/mol. The summed E-state index contributed by atoms with van der Waals surface area (Å²) in [6, 6.07) is -0.474. The number of nitrogens with one attached hydrogen (secondary N) is 1. The summed E-state index contributed by atoms with van der Waals surface area (Å²) in [5, 5.41) is 5.40. The molecule has 17 heavy (non-hydrogen) atoms. The molecule has 0 aliphatic carbocycles. The number of nitrogens with two attached hydrogens (primary N) is 2. The van der Waals surface area contributed by atoms with Gasteiger partial charge in [-0.3, -0.25) is 4.79 Å². The zero-order chi connectivity index (χ0) is 13.5. The number of carbonyl (C=O) groups excluding carboxylic acids is 2. The van der Waals surface area contributed by atoms with Crippen molar-refractivity contribution in [3.05, 3.63) is 0 Å². The van der Waals surface area contributed by atoms with Gasteiger partial charge in [-0.05, 0) is 25.8 Å². The van der Waals surface area contributed by atoms with E-state index in [0.717, 1.165) is 31.8 Å². The highest BCUT2D eigenvalue weighted by atomic mass is 16.5. The zero-order valence-electron chi connectivity index (χ0n) is 10.4. The molecule has 0 radical (unpaired) electrons. The molecule has 0 unspecified atom stereocenters. The maximum Gasteiger partial charge on any atom is 0.322 e. The van der Waals surface area contributed by atoms with Crippen molar-refractivity contribution in [2.45, 2.75) is 45.1 Å². The predicted molar refractivity (Wildman–Crippen MR) is 65.2 cm³/mol. The zero-order valence-corrected chi connectivity index (χ0v) is 10.4. The van der Waals surface area contributed by atoms with Crippen molar-refractivity contribution in [2.24, 2.45) is 11.5 Å². The van der Waals surface area contributed by atoms with E-state index in [9.17, 15) is 4.79 Å². The Morgan fingerprint density at radius 2 is 2.00 bits per heavy atom. The maximum atomic E-state index is 11.2. The third-order valence-electron chi connectivity index (χ3n) is 2.01. The number of carbonyl (C=O) groups is 1. The van der Waals surface area contributed by atoms with Crippen molar-refractivity contribution < 1.29 is 14.3 Å². The largest absolute Gasteiger partial charge is 0.465 e. The SMILES string of the molecule is CCCCOC(=O)[C@@H](N)CCCCN.N=C=O. The number of hydrogen-bond acceptors (Lipinski definition) is 6. The van der Waals surface area contributed by atoms with Crippen LogP contribution in [0.1, 0.15) is 39.0 Å². The fourth-order valence-corrected chi connectivity index (χ4v) is 1.05. The summed E-state index contributed by atoms with van der Waals surface area (Å²) in [4.78, 5) is 19.6. The molecule has 5 N–H and O–H groups in total. The van der Waals surface area contributed by atoms with Gasteiger partial charge in [-0.1, -0.05) is 19.8 Å².